The molecule has 1 heterocycles. The van der Waals surface area contributed by atoms with Gasteiger partial charge in [0.05, 0.1) is 0 Å². The molecule has 2 rings (SSSR count). The third-order valence-electron chi connectivity index (χ3n) is 3.43. The van der Waals surface area contributed by atoms with Crippen LogP contribution in [0.5, 0.6) is 0 Å². The fourth-order valence-corrected chi connectivity index (χ4v) is 2.90. The Morgan fingerprint density at radius 2 is 2.00 bits per heavy atom. The number of halogens is 1. The van der Waals surface area contributed by atoms with E-state index in [0.717, 1.165) is 12.5 Å². The van der Waals surface area contributed by atoms with Crippen molar-refractivity contribution in [1.29, 1.82) is 0 Å². The van der Waals surface area contributed by atoms with Crippen molar-refractivity contribution in [3.8, 4) is 0 Å². The Morgan fingerprint density at radius 3 is 2.71 bits per heavy atom. The van der Waals surface area contributed by atoms with Crippen LogP contribution in [0.4, 0.5) is 0 Å². The summed E-state index contributed by atoms with van der Waals surface area (Å²) >= 11 is 3.61. The van der Waals surface area contributed by atoms with Gasteiger partial charge in [-0.3, -0.25) is 0 Å². The molecule has 1 aromatic carbocycles. The van der Waals surface area contributed by atoms with Crippen molar-refractivity contribution in [2.45, 2.75) is 19.4 Å². The number of nitrogens with zero attached hydrogens (tertiary/aromatic N) is 1. The molecule has 0 radical (unpaired) electrons. The van der Waals surface area contributed by atoms with E-state index in [9.17, 15) is 0 Å². The van der Waals surface area contributed by atoms with Gasteiger partial charge in [-0.1, -0.05) is 34.1 Å². The molecule has 1 aromatic rings. The predicted molar refractivity (Wildman–Crippen MR) is 76.1 cm³/mol. The van der Waals surface area contributed by atoms with Gasteiger partial charge in [0, 0.05) is 17.6 Å². The zero-order valence-electron chi connectivity index (χ0n) is 10.5. The Kier molecular flexibility index (Phi) is 5.01. The van der Waals surface area contributed by atoms with E-state index < -0.39 is 0 Å². The van der Waals surface area contributed by atoms with Crippen molar-refractivity contribution in [3.63, 3.8) is 0 Å². The Morgan fingerprint density at radius 1 is 1.29 bits per heavy atom. The molecule has 1 saturated heterocycles. The molecular formula is C14H21BrN2. The van der Waals surface area contributed by atoms with Gasteiger partial charge in [-0.25, -0.2) is 0 Å². The number of hydrogen-bond donors (Lipinski definition) is 1. The van der Waals surface area contributed by atoms with E-state index in [1.165, 1.54) is 42.5 Å². The second-order valence-electron chi connectivity index (χ2n) is 4.98. The molecule has 1 fully saturated rings. The molecule has 0 unspecified atom stereocenters. The third-order valence-corrected chi connectivity index (χ3v) is 4.20. The molecule has 0 aromatic heterocycles. The minimum absolute atomic E-state index is 0.865. The quantitative estimate of drug-likeness (QED) is 0.919. The molecular weight excluding hydrogens is 276 g/mol. The molecule has 1 aliphatic rings. The summed E-state index contributed by atoms with van der Waals surface area (Å²) in [5.74, 6) is 0.865. The Labute approximate surface area is 113 Å². The van der Waals surface area contributed by atoms with Crippen molar-refractivity contribution < 1.29 is 0 Å². The monoisotopic (exact) mass is 296 g/mol. The summed E-state index contributed by atoms with van der Waals surface area (Å²) in [7, 11) is 2.22. The topological polar surface area (TPSA) is 15.3 Å². The van der Waals surface area contributed by atoms with E-state index in [-0.39, 0.29) is 0 Å². The van der Waals surface area contributed by atoms with E-state index in [4.69, 9.17) is 0 Å². The lowest BCUT2D eigenvalue weighted by molar-refractivity contribution is 0.234. The first kappa shape index (κ1) is 13.1. The van der Waals surface area contributed by atoms with Crippen LogP contribution in [0.1, 0.15) is 18.4 Å². The third kappa shape index (κ3) is 4.09. The van der Waals surface area contributed by atoms with Crippen molar-refractivity contribution in [1.82, 2.24) is 10.2 Å². The fraction of sp³-hybridized carbons (Fsp3) is 0.571. The summed E-state index contributed by atoms with van der Waals surface area (Å²) in [6, 6.07) is 8.50. The molecule has 3 heteroatoms. The normalized spacial score (nSPS) is 17.6. The maximum absolute atomic E-state index is 3.61. The Balaban J connectivity index is 1.84. The molecule has 2 nitrogen and oxygen atoms in total. The van der Waals surface area contributed by atoms with Crippen molar-refractivity contribution in [2.75, 3.05) is 26.7 Å². The fourth-order valence-electron chi connectivity index (χ4n) is 2.49. The van der Waals surface area contributed by atoms with E-state index in [1.54, 1.807) is 0 Å². The highest BCUT2D eigenvalue weighted by Gasteiger charge is 2.15. The highest BCUT2D eigenvalue weighted by molar-refractivity contribution is 9.10. The number of rotatable bonds is 4. The molecule has 1 aliphatic heterocycles. The smallest absolute Gasteiger partial charge is 0.0242 e. The Bertz CT molecular complexity index is 348. The van der Waals surface area contributed by atoms with E-state index in [0.29, 0.717) is 0 Å². The average Bonchev–Trinajstić information content (AvgIpc) is 2.33. The van der Waals surface area contributed by atoms with Gasteiger partial charge in [-0.05, 0) is 50.5 Å². The van der Waals surface area contributed by atoms with Crippen LogP contribution >= 0.6 is 15.9 Å². The van der Waals surface area contributed by atoms with Crippen LogP contribution in [-0.4, -0.2) is 31.6 Å². The van der Waals surface area contributed by atoms with Gasteiger partial charge < -0.3 is 10.2 Å². The zero-order valence-corrected chi connectivity index (χ0v) is 12.0. The SMILES string of the molecule is CN(Cc1ccccc1Br)CC1CCNCC1. The largest absolute Gasteiger partial charge is 0.317 e. The maximum atomic E-state index is 3.61. The molecule has 0 saturated carbocycles. The molecule has 0 aliphatic carbocycles. The van der Waals surface area contributed by atoms with Crippen LogP contribution in [0, 0.1) is 5.92 Å². The van der Waals surface area contributed by atoms with Crippen molar-refractivity contribution >= 4 is 15.9 Å². The summed E-state index contributed by atoms with van der Waals surface area (Å²) < 4.78 is 1.22. The van der Waals surface area contributed by atoms with Crippen LogP contribution in [0.25, 0.3) is 0 Å². The van der Waals surface area contributed by atoms with Gasteiger partial charge in [0.2, 0.25) is 0 Å². The van der Waals surface area contributed by atoms with Crippen LogP contribution in [0.2, 0.25) is 0 Å². The second-order valence-corrected chi connectivity index (χ2v) is 5.84. The first-order valence-corrected chi connectivity index (χ1v) is 7.17. The highest BCUT2D eigenvalue weighted by atomic mass is 79.9. The lowest BCUT2D eigenvalue weighted by atomic mass is 9.97. The summed E-state index contributed by atoms with van der Waals surface area (Å²) in [6.45, 7) is 4.62. The minimum atomic E-state index is 0.865. The highest BCUT2D eigenvalue weighted by Crippen LogP contribution is 2.19. The molecule has 0 spiro atoms. The van der Waals surface area contributed by atoms with Gasteiger partial charge in [0.15, 0.2) is 0 Å². The summed E-state index contributed by atoms with van der Waals surface area (Å²) in [5.41, 5.74) is 1.38. The molecule has 1 N–H and O–H groups in total. The molecule has 17 heavy (non-hydrogen) atoms. The van der Waals surface area contributed by atoms with Crippen LogP contribution in [0.3, 0.4) is 0 Å². The zero-order chi connectivity index (χ0) is 12.1. The number of nitrogens with one attached hydrogen (secondary N) is 1. The van der Waals surface area contributed by atoms with Crippen LogP contribution in [-0.2, 0) is 6.54 Å². The molecule has 0 amide bonds. The molecule has 94 valence electrons. The molecule has 0 bridgehead atoms. The van der Waals surface area contributed by atoms with Gasteiger partial charge >= 0.3 is 0 Å². The number of hydrogen-bond acceptors (Lipinski definition) is 2. The van der Waals surface area contributed by atoms with Gasteiger partial charge in [-0.15, -0.1) is 0 Å². The van der Waals surface area contributed by atoms with Gasteiger partial charge in [0.25, 0.3) is 0 Å². The summed E-state index contributed by atoms with van der Waals surface area (Å²) in [5, 5.41) is 3.42. The maximum Gasteiger partial charge on any atom is 0.0242 e. The van der Waals surface area contributed by atoms with Crippen molar-refractivity contribution in [2.24, 2.45) is 5.92 Å². The lowest BCUT2D eigenvalue weighted by Gasteiger charge is -2.27. The lowest BCUT2D eigenvalue weighted by Crippen LogP contribution is -2.34. The van der Waals surface area contributed by atoms with E-state index >= 15 is 0 Å². The van der Waals surface area contributed by atoms with E-state index in [1.807, 2.05) is 0 Å². The Hall–Kier alpha value is -0.380. The summed E-state index contributed by atoms with van der Waals surface area (Å²) in [4.78, 5) is 2.44. The first-order valence-electron chi connectivity index (χ1n) is 6.38. The van der Waals surface area contributed by atoms with Crippen molar-refractivity contribution in [3.05, 3.63) is 34.3 Å². The molecule has 0 atom stereocenters. The predicted octanol–water partition coefficient (Wildman–Crippen LogP) is 2.88. The van der Waals surface area contributed by atoms with E-state index in [2.05, 4.69) is 57.5 Å². The first-order chi connectivity index (χ1) is 8.25. The summed E-state index contributed by atoms with van der Waals surface area (Å²) in [6.07, 6.45) is 2.64. The van der Waals surface area contributed by atoms with Crippen LogP contribution in [0.15, 0.2) is 28.7 Å². The standard InChI is InChI=1S/C14H21BrN2/c1-17(10-12-6-8-16-9-7-12)11-13-4-2-3-5-14(13)15/h2-5,12,16H,6-11H2,1H3. The average molecular weight is 297 g/mol. The minimum Gasteiger partial charge on any atom is -0.317 e. The van der Waals surface area contributed by atoms with Gasteiger partial charge in [-0.2, -0.15) is 0 Å². The second kappa shape index (κ2) is 6.53. The number of benzene rings is 1. The van der Waals surface area contributed by atoms with Crippen LogP contribution < -0.4 is 5.32 Å². The van der Waals surface area contributed by atoms with Gasteiger partial charge in [0.1, 0.15) is 0 Å². The number of piperidine rings is 1.